The molecule has 0 aromatic heterocycles. The zero-order valence-corrected chi connectivity index (χ0v) is 27.9. The number of hydrogen-bond donors (Lipinski definition) is 1. The van der Waals surface area contributed by atoms with Crippen molar-refractivity contribution < 1.29 is 33.4 Å². The molecule has 8 heteroatoms. The molecule has 0 radical (unpaired) electrons. The van der Waals surface area contributed by atoms with E-state index in [0.29, 0.717) is 18.6 Å². The van der Waals surface area contributed by atoms with Gasteiger partial charge in [0.1, 0.15) is 11.7 Å². The molecular weight excluding hydrogens is 561 g/mol. The average Bonchev–Trinajstić information content (AvgIpc) is 2.95. The van der Waals surface area contributed by atoms with Crippen molar-refractivity contribution in [2.24, 2.45) is 28.7 Å². The number of nitrogens with zero attached hydrogens (tertiary/aromatic N) is 1. The van der Waals surface area contributed by atoms with Crippen molar-refractivity contribution in [3.63, 3.8) is 0 Å². The molecule has 0 saturated carbocycles. The van der Waals surface area contributed by atoms with Crippen LogP contribution in [0.2, 0.25) is 0 Å². The van der Waals surface area contributed by atoms with Crippen molar-refractivity contribution in [3.8, 4) is 0 Å². The Hall–Kier alpha value is -2.97. The van der Waals surface area contributed by atoms with Crippen LogP contribution in [-0.2, 0) is 23.9 Å². The van der Waals surface area contributed by atoms with Gasteiger partial charge >= 0.3 is 5.97 Å². The van der Waals surface area contributed by atoms with E-state index in [1.165, 1.54) is 6.92 Å². The smallest absolute Gasteiger partial charge is 0.351 e. The number of rotatable bonds is 6. The normalized spacial score (nSPS) is 31.9. The third-order valence-corrected chi connectivity index (χ3v) is 8.70. The number of ketones is 1. The fourth-order valence-corrected chi connectivity index (χ4v) is 6.18. The Balaban J connectivity index is 2.65. The van der Waals surface area contributed by atoms with Crippen molar-refractivity contribution in [1.29, 1.82) is 0 Å². The standard InChI is InChI=1S/C36H52FNO6/c1-10-31-36(9,42)30(26(6)32(23(2)3)38-27(7)39)20-19-29(18-14-17-28-15-12-11-13-16-28)22-43-25(5)21-24(4)33(40)35(8,37)34(41)44-31/h11-18,23-26,30-31,42H,10,19-22H2,1-9H3/b17-14+,29-18+,38-32?/t24-,25?,26-,30-,31-,35+,36?/m1/s1. The topological polar surface area (TPSA) is 102 Å². The molecule has 1 heterocycles. The zero-order chi connectivity index (χ0) is 33.2. The zero-order valence-electron chi connectivity index (χ0n) is 27.9. The number of ether oxygens (including phenoxy) is 2. The Labute approximate surface area is 263 Å². The summed E-state index contributed by atoms with van der Waals surface area (Å²) in [5.41, 5.74) is -1.92. The Morgan fingerprint density at radius 2 is 1.80 bits per heavy atom. The number of aliphatic imine (C=N–C) groups is 1. The molecule has 0 bridgehead atoms. The number of carbonyl (C=O) groups excluding carboxylic acids is 3. The molecule has 2 rings (SSSR count). The summed E-state index contributed by atoms with van der Waals surface area (Å²) in [6, 6.07) is 9.89. The number of amides is 1. The summed E-state index contributed by atoms with van der Waals surface area (Å²) in [6.07, 6.45) is 5.83. The number of alkyl halides is 1. The summed E-state index contributed by atoms with van der Waals surface area (Å²) < 4.78 is 27.6. The predicted molar refractivity (Wildman–Crippen MR) is 173 cm³/mol. The van der Waals surface area contributed by atoms with E-state index in [1.54, 1.807) is 20.8 Å². The van der Waals surface area contributed by atoms with Gasteiger partial charge in [0, 0.05) is 24.5 Å². The second-order valence-corrected chi connectivity index (χ2v) is 12.9. The molecule has 1 fully saturated rings. The minimum atomic E-state index is -2.89. The fraction of sp³-hybridized carbons (Fsp3) is 0.611. The van der Waals surface area contributed by atoms with Crippen LogP contribution in [-0.4, -0.2) is 58.6 Å². The van der Waals surface area contributed by atoms with Crippen LogP contribution in [0.1, 0.15) is 93.6 Å². The molecule has 1 aliphatic heterocycles. The van der Waals surface area contributed by atoms with E-state index in [0.717, 1.165) is 18.1 Å². The highest BCUT2D eigenvalue weighted by Crippen LogP contribution is 2.38. The van der Waals surface area contributed by atoms with Crippen molar-refractivity contribution in [1.82, 2.24) is 0 Å². The van der Waals surface area contributed by atoms with E-state index in [4.69, 9.17) is 9.47 Å². The number of aliphatic hydroxyl groups is 1. The number of carbonyl (C=O) groups is 3. The first-order valence-electron chi connectivity index (χ1n) is 15.8. The lowest BCUT2D eigenvalue weighted by Crippen LogP contribution is -2.54. The minimum Gasteiger partial charge on any atom is -0.457 e. The quantitative estimate of drug-likeness (QED) is 0.208. The average molecular weight is 614 g/mol. The summed E-state index contributed by atoms with van der Waals surface area (Å²) in [5, 5.41) is 12.2. The molecule has 1 aliphatic rings. The molecule has 44 heavy (non-hydrogen) atoms. The molecule has 0 spiro atoms. The summed E-state index contributed by atoms with van der Waals surface area (Å²) >= 11 is 0. The summed E-state index contributed by atoms with van der Waals surface area (Å²) in [6.45, 7) is 15.1. The van der Waals surface area contributed by atoms with E-state index in [-0.39, 0.29) is 37.4 Å². The summed E-state index contributed by atoms with van der Waals surface area (Å²) in [7, 11) is 0. The van der Waals surface area contributed by atoms with Crippen LogP contribution in [0, 0.1) is 23.7 Å². The largest absolute Gasteiger partial charge is 0.457 e. The second kappa shape index (κ2) is 16.4. The number of hydrogen-bond acceptors (Lipinski definition) is 6. The van der Waals surface area contributed by atoms with Gasteiger partial charge in [-0.3, -0.25) is 9.59 Å². The maximum atomic E-state index is 15.8. The first kappa shape index (κ1) is 37.2. The number of Topliss-reactive ketones (excluding diaryl/α,β-unsaturated/α-hetero) is 1. The van der Waals surface area contributed by atoms with Crippen LogP contribution < -0.4 is 0 Å². The van der Waals surface area contributed by atoms with Gasteiger partial charge in [0.15, 0.2) is 5.78 Å². The SMILES string of the molecule is CC[C@H]1OC(=O)[C@@](C)(F)C(=O)[C@H](C)CC(C)OC/C(=C/C=C/c2ccccc2)CC[C@H]([C@@H](C)C(=NC(C)=O)C(C)C)C1(C)O. The first-order chi connectivity index (χ1) is 20.5. The maximum absolute atomic E-state index is 15.8. The first-order valence-corrected chi connectivity index (χ1v) is 15.8. The molecule has 2 unspecified atom stereocenters. The number of benzene rings is 1. The molecule has 1 saturated heterocycles. The van der Waals surface area contributed by atoms with Gasteiger partial charge in [-0.15, -0.1) is 0 Å². The van der Waals surface area contributed by atoms with Crippen molar-refractivity contribution in [2.75, 3.05) is 6.61 Å². The minimum absolute atomic E-state index is 0.0924. The molecule has 0 aliphatic carbocycles. The van der Waals surface area contributed by atoms with Gasteiger partial charge in [-0.05, 0) is 69.4 Å². The second-order valence-electron chi connectivity index (χ2n) is 12.9. The third-order valence-electron chi connectivity index (χ3n) is 8.70. The highest BCUT2D eigenvalue weighted by Gasteiger charge is 2.50. The van der Waals surface area contributed by atoms with Crippen LogP contribution in [0.3, 0.4) is 0 Å². The van der Waals surface area contributed by atoms with Crippen LogP contribution in [0.15, 0.2) is 53.0 Å². The molecular formula is C36H52FNO6. The number of halogens is 1. The molecule has 1 aromatic rings. The van der Waals surface area contributed by atoms with Gasteiger partial charge in [-0.2, -0.15) is 0 Å². The van der Waals surface area contributed by atoms with Gasteiger partial charge in [0.25, 0.3) is 5.67 Å². The third kappa shape index (κ3) is 10.0. The van der Waals surface area contributed by atoms with Crippen molar-refractivity contribution in [2.45, 2.75) is 111 Å². The lowest BCUT2D eigenvalue weighted by Gasteiger charge is -2.43. The monoisotopic (exact) mass is 613 g/mol. The highest BCUT2D eigenvalue weighted by molar-refractivity contribution is 6.07. The van der Waals surface area contributed by atoms with Gasteiger partial charge in [0.2, 0.25) is 5.91 Å². The van der Waals surface area contributed by atoms with Gasteiger partial charge < -0.3 is 14.6 Å². The Bertz CT molecular complexity index is 1220. The summed E-state index contributed by atoms with van der Waals surface area (Å²) in [5.74, 6) is -4.38. The maximum Gasteiger partial charge on any atom is 0.351 e. The molecule has 1 amide bonds. The van der Waals surface area contributed by atoms with Crippen LogP contribution >= 0.6 is 0 Å². The number of esters is 1. The Kier molecular flexibility index (Phi) is 13.8. The van der Waals surface area contributed by atoms with E-state index in [2.05, 4.69) is 4.99 Å². The number of allylic oxidation sites excluding steroid dienone is 2. The van der Waals surface area contributed by atoms with Gasteiger partial charge in [0.05, 0.1) is 12.7 Å². The predicted octanol–water partition coefficient (Wildman–Crippen LogP) is 7.12. The van der Waals surface area contributed by atoms with E-state index >= 15 is 4.39 Å². The molecule has 244 valence electrons. The fourth-order valence-electron chi connectivity index (χ4n) is 6.18. The Morgan fingerprint density at radius 3 is 2.36 bits per heavy atom. The van der Waals surface area contributed by atoms with Crippen molar-refractivity contribution >= 4 is 29.4 Å². The summed E-state index contributed by atoms with van der Waals surface area (Å²) in [4.78, 5) is 42.7. The van der Waals surface area contributed by atoms with Crippen molar-refractivity contribution in [3.05, 3.63) is 53.6 Å². The number of cyclic esters (lactones) is 1. The van der Waals surface area contributed by atoms with Gasteiger partial charge in [-0.25, -0.2) is 14.2 Å². The molecule has 7 nitrogen and oxygen atoms in total. The lowest BCUT2D eigenvalue weighted by molar-refractivity contribution is -0.186. The highest BCUT2D eigenvalue weighted by atomic mass is 19.1. The van der Waals surface area contributed by atoms with Gasteiger partial charge in [-0.1, -0.05) is 83.2 Å². The molecule has 7 atom stereocenters. The molecule has 1 aromatic carbocycles. The van der Waals surface area contributed by atoms with Crippen LogP contribution in [0.4, 0.5) is 4.39 Å². The van der Waals surface area contributed by atoms with E-state index < -0.39 is 46.9 Å². The Morgan fingerprint density at radius 1 is 1.16 bits per heavy atom. The molecule has 1 N–H and O–H groups in total. The van der Waals surface area contributed by atoms with E-state index in [1.807, 2.05) is 76.3 Å². The van der Waals surface area contributed by atoms with Crippen LogP contribution in [0.5, 0.6) is 0 Å². The van der Waals surface area contributed by atoms with Crippen LogP contribution in [0.25, 0.3) is 6.08 Å². The van der Waals surface area contributed by atoms with E-state index in [9.17, 15) is 19.5 Å². The lowest BCUT2D eigenvalue weighted by atomic mass is 9.70.